The minimum absolute atomic E-state index is 0.00244. The van der Waals surface area contributed by atoms with E-state index < -0.39 is 22.7 Å². The number of allylic oxidation sites excluding steroid dienone is 2. The van der Waals surface area contributed by atoms with Gasteiger partial charge in [0.15, 0.2) is 5.78 Å². The molecule has 5 heteroatoms. The molecule has 1 saturated carbocycles. The molecule has 174 valence electrons. The van der Waals surface area contributed by atoms with Gasteiger partial charge in [0.05, 0.1) is 28.4 Å². The van der Waals surface area contributed by atoms with E-state index in [0.717, 1.165) is 26.7 Å². The molecule has 0 spiro atoms. The number of benzene rings is 3. The van der Waals surface area contributed by atoms with Crippen molar-refractivity contribution in [2.45, 2.75) is 20.3 Å². The van der Waals surface area contributed by atoms with Crippen LogP contribution in [-0.2, 0) is 14.4 Å². The first kappa shape index (κ1) is 22.2. The third-order valence-corrected chi connectivity index (χ3v) is 8.85. The topological polar surface area (TPSA) is 54.5 Å². The number of anilines is 1. The van der Waals surface area contributed by atoms with Crippen molar-refractivity contribution in [3.63, 3.8) is 0 Å². The van der Waals surface area contributed by atoms with E-state index in [2.05, 4.69) is 15.9 Å². The Hall–Kier alpha value is -3.31. The SMILES string of the molecule is CC[C@@]12C(=O)[C@@](C)(C(c3ccccc3)=C1c1ccccc1)[C@H]1C(=O)N(c3ccc(Br)cc3)C(=O)[C@H]12. The number of nitrogens with zero attached hydrogens (tertiary/aromatic N) is 1. The van der Waals surface area contributed by atoms with E-state index in [1.165, 1.54) is 4.90 Å². The molecule has 6 rings (SSSR count). The number of Topliss-reactive ketones (excluding diaryl/α,β-unsaturated/α-hetero) is 1. The monoisotopic (exact) mass is 525 g/mol. The highest BCUT2D eigenvalue weighted by Gasteiger charge is 2.79. The fourth-order valence-electron chi connectivity index (χ4n) is 6.97. The van der Waals surface area contributed by atoms with Gasteiger partial charge in [-0.15, -0.1) is 0 Å². The molecule has 3 aromatic carbocycles. The van der Waals surface area contributed by atoms with E-state index in [4.69, 9.17) is 0 Å². The minimum Gasteiger partial charge on any atom is -0.298 e. The lowest BCUT2D eigenvalue weighted by Crippen LogP contribution is -2.41. The third-order valence-electron chi connectivity index (χ3n) is 8.32. The number of amides is 2. The van der Waals surface area contributed by atoms with Crippen molar-refractivity contribution in [2.75, 3.05) is 4.90 Å². The van der Waals surface area contributed by atoms with Gasteiger partial charge in [0.1, 0.15) is 0 Å². The fourth-order valence-corrected chi connectivity index (χ4v) is 7.24. The first-order valence-corrected chi connectivity index (χ1v) is 12.7. The lowest BCUT2D eigenvalue weighted by molar-refractivity contribution is -0.134. The molecule has 0 unspecified atom stereocenters. The van der Waals surface area contributed by atoms with Crippen LogP contribution in [0.4, 0.5) is 5.69 Å². The van der Waals surface area contributed by atoms with E-state index in [1.807, 2.05) is 86.6 Å². The van der Waals surface area contributed by atoms with Crippen molar-refractivity contribution in [3.8, 4) is 0 Å². The highest BCUT2D eigenvalue weighted by Crippen LogP contribution is 2.74. The molecule has 2 amide bonds. The second-order valence-corrected chi connectivity index (χ2v) is 10.7. The molecule has 1 aliphatic heterocycles. The molecular formula is C30H24BrNO3. The van der Waals surface area contributed by atoms with Crippen LogP contribution in [-0.4, -0.2) is 17.6 Å². The Morgan fingerprint density at radius 3 is 1.80 bits per heavy atom. The highest BCUT2D eigenvalue weighted by molar-refractivity contribution is 9.10. The zero-order chi connectivity index (χ0) is 24.5. The normalized spacial score (nSPS) is 29.3. The van der Waals surface area contributed by atoms with Crippen LogP contribution in [0, 0.1) is 22.7 Å². The Morgan fingerprint density at radius 2 is 1.26 bits per heavy atom. The average molecular weight is 526 g/mol. The van der Waals surface area contributed by atoms with Gasteiger partial charge >= 0.3 is 0 Å². The van der Waals surface area contributed by atoms with Gasteiger partial charge in [0.2, 0.25) is 11.8 Å². The van der Waals surface area contributed by atoms with Crippen molar-refractivity contribution in [3.05, 3.63) is 101 Å². The number of rotatable bonds is 4. The molecule has 0 radical (unpaired) electrons. The minimum atomic E-state index is -1.09. The summed E-state index contributed by atoms with van der Waals surface area (Å²) in [6.07, 6.45) is 0.455. The second-order valence-electron chi connectivity index (χ2n) is 9.78. The third kappa shape index (κ3) is 2.65. The van der Waals surface area contributed by atoms with Gasteiger partial charge in [-0.2, -0.15) is 0 Å². The summed E-state index contributed by atoms with van der Waals surface area (Å²) in [5.41, 5.74) is 2.05. The van der Waals surface area contributed by atoms with Crippen LogP contribution in [0.25, 0.3) is 11.1 Å². The van der Waals surface area contributed by atoms with Crippen LogP contribution in [0.5, 0.6) is 0 Å². The fraction of sp³-hybridized carbons (Fsp3) is 0.233. The summed E-state index contributed by atoms with van der Waals surface area (Å²) in [4.78, 5) is 43.8. The number of carbonyl (C=O) groups is 3. The quantitative estimate of drug-likeness (QED) is 0.383. The van der Waals surface area contributed by atoms with Crippen LogP contribution in [0.1, 0.15) is 31.4 Å². The second kappa shape index (κ2) is 7.59. The molecule has 2 fully saturated rings. The molecule has 3 aliphatic rings. The summed E-state index contributed by atoms with van der Waals surface area (Å²) in [5, 5.41) is 0. The van der Waals surface area contributed by atoms with E-state index in [9.17, 15) is 14.4 Å². The number of fused-ring (bicyclic) bond motifs is 5. The maximum absolute atomic E-state index is 14.4. The van der Waals surface area contributed by atoms with Gasteiger partial charge in [-0.25, -0.2) is 4.90 Å². The van der Waals surface area contributed by atoms with Crippen molar-refractivity contribution in [1.29, 1.82) is 0 Å². The molecule has 1 heterocycles. The number of hydrogen-bond acceptors (Lipinski definition) is 3. The van der Waals surface area contributed by atoms with Gasteiger partial charge in [-0.3, -0.25) is 14.4 Å². The van der Waals surface area contributed by atoms with Crippen molar-refractivity contribution in [1.82, 2.24) is 0 Å². The Morgan fingerprint density at radius 1 is 0.743 bits per heavy atom. The zero-order valence-electron chi connectivity index (χ0n) is 19.5. The van der Waals surface area contributed by atoms with Crippen LogP contribution < -0.4 is 4.90 Å². The Kier molecular flexibility index (Phi) is 4.81. The van der Waals surface area contributed by atoms with E-state index in [1.54, 1.807) is 12.1 Å². The largest absolute Gasteiger partial charge is 0.298 e. The Labute approximate surface area is 212 Å². The van der Waals surface area contributed by atoms with Crippen molar-refractivity contribution < 1.29 is 14.4 Å². The predicted octanol–water partition coefficient (Wildman–Crippen LogP) is 6.16. The summed E-state index contributed by atoms with van der Waals surface area (Å²) < 4.78 is 0.868. The summed E-state index contributed by atoms with van der Waals surface area (Å²) in [5.74, 6) is -2.01. The lowest BCUT2D eigenvalue weighted by Gasteiger charge is -2.37. The lowest BCUT2D eigenvalue weighted by atomic mass is 9.62. The number of halogens is 1. The maximum atomic E-state index is 14.4. The molecule has 4 nitrogen and oxygen atoms in total. The summed E-state index contributed by atoms with van der Waals surface area (Å²) in [7, 11) is 0. The molecule has 2 bridgehead atoms. The van der Waals surface area contributed by atoms with Crippen LogP contribution in [0.15, 0.2) is 89.4 Å². The van der Waals surface area contributed by atoms with Crippen LogP contribution in [0.2, 0.25) is 0 Å². The van der Waals surface area contributed by atoms with Crippen LogP contribution >= 0.6 is 15.9 Å². The molecule has 0 N–H and O–H groups in total. The van der Waals surface area contributed by atoms with Gasteiger partial charge < -0.3 is 0 Å². The highest BCUT2D eigenvalue weighted by atomic mass is 79.9. The molecule has 4 atom stereocenters. The molecular weight excluding hydrogens is 502 g/mol. The number of ketones is 1. The maximum Gasteiger partial charge on any atom is 0.239 e. The molecule has 0 aromatic heterocycles. The molecule has 1 saturated heterocycles. The summed E-state index contributed by atoms with van der Waals surface area (Å²) in [6.45, 7) is 3.86. The van der Waals surface area contributed by atoms with Gasteiger partial charge in [-0.1, -0.05) is 83.5 Å². The van der Waals surface area contributed by atoms with Crippen molar-refractivity contribution in [2.24, 2.45) is 22.7 Å². The Balaban J connectivity index is 1.64. The van der Waals surface area contributed by atoms with E-state index in [0.29, 0.717) is 12.1 Å². The van der Waals surface area contributed by atoms with Crippen LogP contribution in [0.3, 0.4) is 0 Å². The first-order valence-electron chi connectivity index (χ1n) is 11.9. The number of hydrogen-bond donors (Lipinski definition) is 0. The molecule has 3 aromatic rings. The summed E-state index contributed by atoms with van der Waals surface area (Å²) in [6, 6.07) is 26.9. The molecule has 2 aliphatic carbocycles. The summed E-state index contributed by atoms with van der Waals surface area (Å²) >= 11 is 3.43. The Bertz CT molecular complexity index is 1410. The van der Waals surface area contributed by atoms with Gasteiger partial charge in [0, 0.05) is 4.47 Å². The van der Waals surface area contributed by atoms with E-state index in [-0.39, 0.29) is 17.6 Å². The zero-order valence-corrected chi connectivity index (χ0v) is 21.1. The van der Waals surface area contributed by atoms with Crippen molar-refractivity contribution >= 4 is 50.4 Å². The number of imide groups is 1. The smallest absolute Gasteiger partial charge is 0.239 e. The molecule has 35 heavy (non-hydrogen) atoms. The van der Waals surface area contributed by atoms with Gasteiger partial charge in [0.25, 0.3) is 0 Å². The number of carbonyl (C=O) groups excluding carboxylic acids is 3. The average Bonchev–Trinajstić information content (AvgIpc) is 3.35. The van der Waals surface area contributed by atoms with Gasteiger partial charge in [-0.05, 0) is 59.9 Å². The predicted molar refractivity (Wildman–Crippen MR) is 139 cm³/mol. The van der Waals surface area contributed by atoms with E-state index >= 15 is 0 Å². The standard InChI is InChI=1S/C30H24BrNO3/c1-3-30-23(19-12-8-5-9-13-19)22(18-10-6-4-7-11-18)29(2,28(30)35)24-25(30)27(34)32(26(24)33)21-16-14-20(31)15-17-21/h4-17,24-25H,3H2,1-2H3/t24-,25+,29+,30-/m1/s1. The first-order chi connectivity index (χ1) is 16.9.